The summed E-state index contributed by atoms with van der Waals surface area (Å²) in [6, 6.07) is 6.12. The number of ether oxygens (including phenoxy) is 2. The second-order valence-corrected chi connectivity index (χ2v) is 4.98. The maximum atomic E-state index is 12.1. The second-order valence-electron chi connectivity index (χ2n) is 4.98. The molecule has 1 rings (SSSR count). The van der Waals surface area contributed by atoms with Crippen molar-refractivity contribution in [3.8, 4) is 0 Å². The Hall–Kier alpha value is -2.63. The first-order valence-electron chi connectivity index (χ1n) is 7.17. The molecule has 0 heterocycles. The fraction of sp³-hybridized carbons (Fsp3) is 0.353. The number of nitrogens with zero attached hydrogens (tertiary/aromatic N) is 1. The van der Waals surface area contributed by atoms with E-state index in [0.29, 0.717) is 13.1 Å². The summed E-state index contributed by atoms with van der Waals surface area (Å²) in [5.41, 5.74) is 0.999. The van der Waals surface area contributed by atoms with Crippen molar-refractivity contribution in [1.82, 2.24) is 4.90 Å². The fourth-order valence-electron chi connectivity index (χ4n) is 1.95. The highest BCUT2D eigenvalue weighted by molar-refractivity contribution is 6.03. The molecular formula is C17H21NO5. The minimum atomic E-state index is -0.745. The number of likely N-dealkylation sites (N-methyl/N-ethyl adjacent to an activating group) is 1. The minimum Gasteiger partial charge on any atom is -0.465 e. The maximum absolute atomic E-state index is 12.1. The summed E-state index contributed by atoms with van der Waals surface area (Å²) in [4.78, 5) is 37.3. The number of esters is 2. The van der Waals surface area contributed by atoms with E-state index in [1.54, 1.807) is 12.1 Å². The number of benzene rings is 1. The first-order valence-corrected chi connectivity index (χ1v) is 7.17. The van der Waals surface area contributed by atoms with Crippen LogP contribution >= 0.6 is 0 Å². The minimum absolute atomic E-state index is 0.0649. The van der Waals surface area contributed by atoms with E-state index in [0.717, 1.165) is 5.57 Å². The molecule has 0 unspecified atom stereocenters. The number of carbonyl (C=O) groups is 3. The quantitative estimate of drug-likeness (QED) is 0.568. The molecule has 0 saturated heterocycles. The SMILES string of the molecule is C=C(C)CN(CC)C(=O)COC(=O)c1ccccc1C(=O)OC. The van der Waals surface area contributed by atoms with Gasteiger partial charge in [0.2, 0.25) is 0 Å². The van der Waals surface area contributed by atoms with Crippen LogP contribution in [-0.2, 0) is 14.3 Å². The molecule has 6 heteroatoms. The largest absolute Gasteiger partial charge is 0.465 e. The highest BCUT2D eigenvalue weighted by Gasteiger charge is 2.20. The van der Waals surface area contributed by atoms with Gasteiger partial charge in [-0.15, -0.1) is 0 Å². The Morgan fingerprint density at radius 1 is 1.13 bits per heavy atom. The van der Waals surface area contributed by atoms with E-state index in [9.17, 15) is 14.4 Å². The zero-order chi connectivity index (χ0) is 17.4. The molecule has 6 nitrogen and oxygen atoms in total. The van der Waals surface area contributed by atoms with Crippen molar-refractivity contribution in [3.63, 3.8) is 0 Å². The van der Waals surface area contributed by atoms with Crippen LogP contribution in [0.5, 0.6) is 0 Å². The van der Waals surface area contributed by atoms with E-state index in [4.69, 9.17) is 4.74 Å². The van der Waals surface area contributed by atoms with Crippen LogP contribution in [0.2, 0.25) is 0 Å². The van der Waals surface area contributed by atoms with Gasteiger partial charge in [0.1, 0.15) is 0 Å². The van der Waals surface area contributed by atoms with Crippen molar-refractivity contribution in [2.45, 2.75) is 13.8 Å². The Kier molecular flexibility index (Phi) is 6.99. The predicted molar refractivity (Wildman–Crippen MR) is 85.1 cm³/mol. The van der Waals surface area contributed by atoms with Crippen LogP contribution in [0.3, 0.4) is 0 Å². The van der Waals surface area contributed by atoms with Crippen molar-refractivity contribution in [1.29, 1.82) is 0 Å². The first kappa shape index (κ1) is 18.4. The van der Waals surface area contributed by atoms with Gasteiger partial charge in [0.15, 0.2) is 6.61 Å². The van der Waals surface area contributed by atoms with Gasteiger partial charge in [-0.1, -0.05) is 24.3 Å². The zero-order valence-electron chi connectivity index (χ0n) is 13.6. The molecule has 0 aliphatic carbocycles. The average Bonchev–Trinajstić information content (AvgIpc) is 2.56. The molecule has 1 aromatic carbocycles. The maximum Gasteiger partial charge on any atom is 0.339 e. The number of rotatable bonds is 7. The Balaban J connectivity index is 2.76. The first-order chi connectivity index (χ1) is 10.9. The van der Waals surface area contributed by atoms with Crippen LogP contribution in [-0.4, -0.2) is 49.6 Å². The van der Waals surface area contributed by atoms with Gasteiger partial charge in [-0.2, -0.15) is 0 Å². The summed E-state index contributed by atoms with van der Waals surface area (Å²) in [5.74, 6) is -1.70. The van der Waals surface area contributed by atoms with Crippen molar-refractivity contribution in [2.75, 3.05) is 26.8 Å². The Morgan fingerprint density at radius 3 is 2.17 bits per heavy atom. The summed E-state index contributed by atoms with van der Waals surface area (Å²) < 4.78 is 9.64. The summed E-state index contributed by atoms with van der Waals surface area (Å²) in [6.07, 6.45) is 0. The lowest BCUT2D eigenvalue weighted by molar-refractivity contribution is -0.133. The third kappa shape index (κ3) is 5.25. The Labute approximate surface area is 135 Å². The molecule has 0 bridgehead atoms. The van der Waals surface area contributed by atoms with Crippen molar-refractivity contribution in [2.24, 2.45) is 0 Å². The van der Waals surface area contributed by atoms with Gasteiger partial charge in [0.05, 0.1) is 18.2 Å². The number of hydrogen-bond acceptors (Lipinski definition) is 5. The Bertz CT molecular complexity index is 609. The van der Waals surface area contributed by atoms with Crippen LogP contribution in [0.25, 0.3) is 0 Å². The molecule has 0 spiro atoms. The van der Waals surface area contributed by atoms with Gasteiger partial charge in [0.25, 0.3) is 5.91 Å². The zero-order valence-corrected chi connectivity index (χ0v) is 13.6. The predicted octanol–water partition coefficient (Wildman–Crippen LogP) is 2.05. The topological polar surface area (TPSA) is 72.9 Å². The molecule has 0 N–H and O–H groups in total. The highest BCUT2D eigenvalue weighted by Crippen LogP contribution is 2.12. The molecule has 0 fully saturated rings. The van der Waals surface area contributed by atoms with E-state index in [2.05, 4.69) is 11.3 Å². The average molecular weight is 319 g/mol. The van der Waals surface area contributed by atoms with Crippen molar-refractivity contribution in [3.05, 3.63) is 47.5 Å². The molecule has 0 aliphatic heterocycles. The summed E-state index contributed by atoms with van der Waals surface area (Å²) in [7, 11) is 1.23. The normalized spacial score (nSPS) is 9.87. The molecule has 1 aromatic rings. The summed E-state index contributed by atoms with van der Waals surface area (Å²) >= 11 is 0. The molecule has 1 amide bonds. The van der Waals surface area contributed by atoms with Crippen LogP contribution in [0.4, 0.5) is 0 Å². The van der Waals surface area contributed by atoms with E-state index < -0.39 is 18.5 Å². The number of amides is 1. The van der Waals surface area contributed by atoms with Gasteiger partial charge in [-0.3, -0.25) is 4.79 Å². The van der Waals surface area contributed by atoms with Gasteiger partial charge < -0.3 is 14.4 Å². The molecule has 124 valence electrons. The number of carbonyl (C=O) groups excluding carboxylic acids is 3. The van der Waals surface area contributed by atoms with Gasteiger partial charge in [-0.25, -0.2) is 9.59 Å². The Morgan fingerprint density at radius 2 is 1.70 bits per heavy atom. The van der Waals surface area contributed by atoms with Crippen LogP contribution < -0.4 is 0 Å². The molecular weight excluding hydrogens is 298 g/mol. The molecule has 0 aliphatic rings. The van der Waals surface area contributed by atoms with Crippen LogP contribution in [0.15, 0.2) is 36.4 Å². The molecule has 0 aromatic heterocycles. The van der Waals surface area contributed by atoms with E-state index in [-0.39, 0.29) is 17.0 Å². The number of hydrogen-bond donors (Lipinski definition) is 0. The van der Waals surface area contributed by atoms with Gasteiger partial charge >= 0.3 is 11.9 Å². The summed E-state index contributed by atoms with van der Waals surface area (Å²) in [5, 5.41) is 0. The van der Waals surface area contributed by atoms with E-state index in [1.165, 1.54) is 24.1 Å². The van der Waals surface area contributed by atoms with E-state index >= 15 is 0 Å². The molecule has 0 atom stereocenters. The summed E-state index contributed by atoms with van der Waals surface area (Å²) in [6.45, 7) is 7.90. The smallest absolute Gasteiger partial charge is 0.339 e. The number of methoxy groups -OCH3 is 1. The lowest BCUT2D eigenvalue weighted by Crippen LogP contribution is -2.35. The lowest BCUT2D eigenvalue weighted by Gasteiger charge is -2.20. The van der Waals surface area contributed by atoms with Gasteiger partial charge in [-0.05, 0) is 26.0 Å². The standard InChI is InChI=1S/C17H21NO5/c1-5-18(10-12(2)3)15(19)11-23-17(21)14-9-7-6-8-13(14)16(20)22-4/h6-9H,2,5,10-11H2,1,3-4H3. The monoisotopic (exact) mass is 319 g/mol. The van der Waals surface area contributed by atoms with Gasteiger partial charge in [0, 0.05) is 13.1 Å². The highest BCUT2D eigenvalue weighted by atomic mass is 16.5. The molecule has 0 saturated carbocycles. The van der Waals surface area contributed by atoms with Crippen LogP contribution in [0, 0.1) is 0 Å². The van der Waals surface area contributed by atoms with Crippen molar-refractivity contribution >= 4 is 17.8 Å². The second kappa shape index (κ2) is 8.73. The lowest BCUT2D eigenvalue weighted by atomic mass is 10.1. The molecule has 23 heavy (non-hydrogen) atoms. The van der Waals surface area contributed by atoms with Crippen molar-refractivity contribution < 1.29 is 23.9 Å². The third-order valence-electron chi connectivity index (χ3n) is 3.07. The third-order valence-corrected chi connectivity index (χ3v) is 3.07. The fourth-order valence-corrected chi connectivity index (χ4v) is 1.95. The molecule has 0 radical (unpaired) electrons. The van der Waals surface area contributed by atoms with Crippen LogP contribution in [0.1, 0.15) is 34.6 Å². The van der Waals surface area contributed by atoms with E-state index in [1.807, 2.05) is 13.8 Å².